The molecule has 1 amide bonds. The van der Waals surface area contributed by atoms with Crippen molar-refractivity contribution in [1.29, 1.82) is 0 Å². The molecular formula is C15H20N2OS2. The number of benzene rings is 1. The van der Waals surface area contributed by atoms with Crippen LogP contribution in [0.2, 0.25) is 0 Å². The Balaban J connectivity index is 1.89. The summed E-state index contributed by atoms with van der Waals surface area (Å²) in [5, 5.41) is 3.72. The monoisotopic (exact) mass is 308 g/mol. The highest BCUT2D eigenvalue weighted by atomic mass is 32.2. The Morgan fingerprint density at radius 2 is 2.10 bits per heavy atom. The van der Waals surface area contributed by atoms with Crippen molar-refractivity contribution in [3.05, 3.63) is 35.4 Å². The molecule has 0 bridgehead atoms. The third kappa shape index (κ3) is 3.96. The van der Waals surface area contributed by atoms with E-state index >= 15 is 0 Å². The van der Waals surface area contributed by atoms with Crippen LogP contribution in [-0.4, -0.2) is 28.4 Å². The minimum Gasteiger partial charge on any atom is -0.389 e. The van der Waals surface area contributed by atoms with Crippen LogP contribution in [0.25, 0.3) is 0 Å². The van der Waals surface area contributed by atoms with Gasteiger partial charge in [0.2, 0.25) is 5.91 Å². The first-order valence-corrected chi connectivity index (χ1v) is 8.50. The number of thioether (sulfide) groups is 1. The Morgan fingerprint density at radius 3 is 2.70 bits per heavy atom. The first-order chi connectivity index (χ1) is 9.60. The van der Waals surface area contributed by atoms with E-state index in [4.69, 9.17) is 18.0 Å². The number of carbonyl (C=O) groups excluding carboxylic acids is 1. The summed E-state index contributed by atoms with van der Waals surface area (Å²) in [6.45, 7) is 0. The minimum absolute atomic E-state index is 0.0963. The summed E-state index contributed by atoms with van der Waals surface area (Å²) in [7, 11) is 0. The normalized spacial score (nSPS) is 21.6. The van der Waals surface area contributed by atoms with Crippen LogP contribution in [0.15, 0.2) is 24.3 Å². The molecule has 0 spiro atoms. The van der Waals surface area contributed by atoms with Crippen molar-refractivity contribution in [2.75, 3.05) is 6.26 Å². The van der Waals surface area contributed by atoms with Crippen molar-refractivity contribution in [3.8, 4) is 0 Å². The molecule has 3 nitrogen and oxygen atoms in total. The van der Waals surface area contributed by atoms with Crippen molar-refractivity contribution < 1.29 is 4.79 Å². The molecule has 2 rings (SSSR count). The van der Waals surface area contributed by atoms with Crippen molar-refractivity contribution in [2.45, 2.75) is 37.0 Å². The number of hydrogen-bond donors (Lipinski definition) is 2. The largest absolute Gasteiger partial charge is 0.389 e. The molecule has 5 heteroatoms. The third-order valence-corrected chi connectivity index (χ3v) is 5.11. The summed E-state index contributed by atoms with van der Waals surface area (Å²) in [6.07, 6.45) is 6.03. The van der Waals surface area contributed by atoms with E-state index in [2.05, 4.69) is 11.6 Å². The molecule has 2 unspecified atom stereocenters. The second kappa shape index (κ2) is 7.09. The zero-order chi connectivity index (χ0) is 14.5. The number of thiocarbonyl (C=S) groups is 1. The van der Waals surface area contributed by atoms with Gasteiger partial charge in [-0.1, -0.05) is 42.9 Å². The van der Waals surface area contributed by atoms with Gasteiger partial charge in [0, 0.05) is 16.9 Å². The Morgan fingerprint density at radius 1 is 1.40 bits per heavy atom. The quantitative estimate of drug-likeness (QED) is 0.819. The van der Waals surface area contributed by atoms with Crippen molar-refractivity contribution >= 4 is 34.9 Å². The van der Waals surface area contributed by atoms with Crippen molar-refractivity contribution in [2.24, 2.45) is 5.73 Å². The van der Waals surface area contributed by atoms with Gasteiger partial charge in [-0.15, -0.1) is 0 Å². The average Bonchev–Trinajstić information content (AvgIpc) is 2.86. The summed E-state index contributed by atoms with van der Waals surface area (Å²) in [6, 6.07) is 7.88. The van der Waals surface area contributed by atoms with E-state index in [9.17, 15) is 4.79 Å². The molecule has 1 aromatic rings. The molecule has 1 aliphatic carbocycles. The average molecular weight is 308 g/mol. The third-order valence-electron chi connectivity index (χ3n) is 3.70. The molecule has 0 heterocycles. The van der Waals surface area contributed by atoms with Gasteiger partial charge in [0.1, 0.15) is 4.99 Å². The second-order valence-electron chi connectivity index (χ2n) is 5.12. The highest BCUT2D eigenvalue weighted by Crippen LogP contribution is 2.28. The van der Waals surface area contributed by atoms with Gasteiger partial charge in [0.25, 0.3) is 0 Å². The molecule has 1 aromatic carbocycles. The Labute approximate surface area is 129 Å². The molecule has 1 fully saturated rings. The molecule has 1 saturated carbocycles. The standard InChI is InChI=1S/C15H20N2OS2/c1-20-13-4-2-3-12(13)17-14(18)9-10-5-7-11(8-6-10)15(16)19/h5-8,12-13H,2-4,9H2,1H3,(H2,16,19)(H,17,18). The smallest absolute Gasteiger partial charge is 0.224 e. The van der Waals surface area contributed by atoms with Crippen LogP contribution in [0.3, 0.4) is 0 Å². The highest BCUT2D eigenvalue weighted by molar-refractivity contribution is 7.99. The van der Waals surface area contributed by atoms with Crippen LogP contribution in [0.1, 0.15) is 30.4 Å². The maximum atomic E-state index is 12.1. The van der Waals surface area contributed by atoms with E-state index in [1.165, 1.54) is 12.8 Å². The van der Waals surface area contributed by atoms with E-state index in [1.54, 1.807) is 0 Å². The molecule has 2 atom stereocenters. The maximum absolute atomic E-state index is 12.1. The fraction of sp³-hybridized carbons (Fsp3) is 0.467. The number of rotatable bonds is 5. The highest BCUT2D eigenvalue weighted by Gasteiger charge is 2.27. The van der Waals surface area contributed by atoms with Crippen LogP contribution >= 0.6 is 24.0 Å². The summed E-state index contributed by atoms with van der Waals surface area (Å²) in [5.74, 6) is 0.0963. The van der Waals surface area contributed by atoms with Gasteiger partial charge in [-0.3, -0.25) is 4.79 Å². The SMILES string of the molecule is CSC1CCCC1NC(=O)Cc1ccc(C(N)=S)cc1. The molecule has 0 saturated heterocycles. The topological polar surface area (TPSA) is 55.1 Å². The predicted octanol–water partition coefficient (Wildman–Crippen LogP) is 2.26. The molecular weight excluding hydrogens is 288 g/mol. The van der Waals surface area contributed by atoms with Crippen LogP contribution in [-0.2, 0) is 11.2 Å². The molecule has 0 aromatic heterocycles. The Hall–Kier alpha value is -1.07. The molecule has 108 valence electrons. The summed E-state index contributed by atoms with van der Waals surface area (Å²) >= 11 is 6.76. The van der Waals surface area contributed by atoms with Crippen LogP contribution < -0.4 is 11.1 Å². The van der Waals surface area contributed by atoms with Gasteiger partial charge < -0.3 is 11.1 Å². The van der Waals surface area contributed by atoms with Crippen LogP contribution in [0.5, 0.6) is 0 Å². The summed E-state index contributed by atoms with van der Waals surface area (Å²) < 4.78 is 0. The summed E-state index contributed by atoms with van der Waals surface area (Å²) in [4.78, 5) is 12.5. The fourth-order valence-electron chi connectivity index (χ4n) is 2.60. The van der Waals surface area contributed by atoms with E-state index in [0.29, 0.717) is 22.7 Å². The fourth-order valence-corrected chi connectivity index (χ4v) is 3.67. The lowest BCUT2D eigenvalue weighted by Gasteiger charge is -2.19. The van der Waals surface area contributed by atoms with E-state index in [-0.39, 0.29) is 5.91 Å². The Bertz CT molecular complexity index is 487. The lowest BCUT2D eigenvalue weighted by atomic mass is 10.1. The number of amides is 1. The lowest BCUT2D eigenvalue weighted by molar-refractivity contribution is -0.121. The molecule has 20 heavy (non-hydrogen) atoms. The molecule has 1 aliphatic rings. The van der Waals surface area contributed by atoms with Gasteiger partial charge in [0.05, 0.1) is 6.42 Å². The number of nitrogens with one attached hydrogen (secondary N) is 1. The minimum atomic E-state index is 0.0963. The van der Waals surface area contributed by atoms with Gasteiger partial charge in [-0.25, -0.2) is 0 Å². The zero-order valence-electron chi connectivity index (χ0n) is 11.6. The van der Waals surface area contributed by atoms with Crippen molar-refractivity contribution in [1.82, 2.24) is 5.32 Å². The molecule has 3 N–H and O–H groups in total. The first-order valence-electron chi connectivity index (χ1n) is 6.81. The van der Waals surface area contributed by atoms with E-state index in [1.807, 2.05) is 36.0 Å². The molecule has 0 radical (unpaired) electrons. The van der Waals surface area contributed by atoms with Gasteiger partial charge in [-0.05, 0) is 24.7 Å². The van der Waals surface area contributed by atoms with Gasteiger partial charge in [-0.2, -0.15) is 11.8 Å². The zero-order valence-corrected chi connectivity index (χ0v) is 13.2. The first kappa shape index (κ1) is 15.3. The summed E-state index contributed by atoms with van der Waals surface area (Å²) in [5.41, 5.74) is 7.38. The Kier molecular flexibility index (Phi) is 5.43. The van der Waals surface area contributed by atoms with Crippen LogP contribution in [0, 0.1) is 0 Å². The lowest BCUT2D eigenvalue weighted by Crippen LogP contribution is -2.39. The van der Waals surface area contributed by atoms with Gasteiger partial charge >= 0.3 is 0 Å². The van der Waals surface area contributed by atoms with Crippen LogP contribution in [0.4, 0.5) is 0 Å². The predicted molar refractivity (Wildman–Crippen MR) is 89.1 cm³/mol. The van der Waals surface area contributed by atoms with E-state index in [0.717, 1.165) is 17.5 Å². The number of hydrogen-bond acceptors (Lipinski definition) is 3. The van der Waals surface area contributed by atoms with E-state index < -0.39 is 0 Å². The number of nitrogens with two attached hydrogens (primary N) is 1. The second-order valence-corrected chi connectivity index (χ2v) is 6.63. The van der Waals surface area contributed by atoms with Gasteiger partial charge in [0.15, 0.2) is 0 Å². The maximum Gasteiger partial charge on any atom is 0.224 e. The van der Waals surface area contributed by atoms with Crippen molar-refractivity contribution in [3.63, 3.8) is 0 Å². The molecule has 0 aliphatic heterocycles. The number of carbonyl (C=O) groups is 1.